The summed E-state index contributed by atoms with van der Waals surface area (Å²) in [5.74, 6) is 3.02. The van der Waals surface area contributed by atoms with Gasteiger partial charge in [0.15, 0.2) is 5.96 Å². The Morgan fingerprint density at radius 3 is 2.79 bits per heavy atom. The summed E-state index contributed by atoms with van der Waals surface area (Å²) < 4.78 is 5.11. The lowest BCUT2D eigenvalue weighted by atomic mass is 10.1. The van der Waals surface area contributed by atoms with Gasteiger partial charge in [0.1, 0.15) is 0 Å². The molecule has 0 aromatic carbocycles. The second-order valence-corrected chi connectivity index (χ2v) is 7.83. The van der Waals surface area contributed by atoms with E-state index in [0.717, 1.165) is 64.2 Å². The average molecular weight is 472 g/mol. The molecule has 1 aliphatic heterocycles. The van der Waals surface area contributed by atoms with E-state index >= 15 is 0 Å². The Hall–Kier alpha value is 0.270. The molecule has 1 fully saturated rings. The molecule has 0 bridgehead atoms. The molecule has 1 atom stereocenters. The lowest BCUT2D eigenvalue weighted by molar-refractivity contribution is 0.161. The Bertz CT molecular complexity index is 345. The van der Waals surface area contributed by atoms with Crippen LogP contribution in [0.3, 0.4) is 0 Å². The minimum atomic E-state index is 0. The number of rotatable bonds is 9. The number of ether oxygens (including phenoxy) is 1. The van der Waals surface area contributed by atoms with Gasteiger partial charge in [-0.25, -0.2) is 0 Å². The van der Waals surface area contributed by atoms with E-state index in [4.69, 9.17) is 9.73 Å². The molecule has 1 N–H and O–H groups in total. The van der Waals surface area contributed by atoms with E-state index in [1.165, 1.54) is 5.75 Å². The molecule has 0 aliphatic carbocycles. The van der Waals surface area contributed by atoms with E-state index in [1.54, 1.807) is 7.11 Å². The van der Waals surface area contributed by atoms with Crippen LogP contribution in [0.2, 0.25) is 0 Å². The quantitative estimate of drug-likeness (QED) is 0.242. The third-order valence-electron chi connectivity index (χ3n) is 4.11. The summed E-state index contributed by atoms with van der Waals surface area (Å²) in [4.78, 5) is 9.60. The molecule has 1 unspecified atom stereocenters. The summed E-state index contributed by atoms with van der Waals surface area (Å²) in [6, 6.07) is 0. The Balaban J connectivity index is 0.00000529. The molecular formula is C17H37IN4OS. The zero-order valence-electron chi connectivity index (χ0n) is 16.1. The highest BCUT2D eigenvalue weighted by Gasteiger charge is 2.24. The number of aliphatic imine (C=N–C) groups is 1. The maximum absolute atomic E-state index is 5.11. The van der Waals surface area contributed by atoms with Gasteiger partial charge >= 0.3 is 0 Å². The fourth-order valence-electron chi connectivity index (χ4n) is 2.58. The van der Waals surface area contributed by atoms with Crippen molar-refractivity contribution in [2.75, 3.05) is 65.8 Å². The van der Waals surface area contributed by atoms with E-state index in [1.807, 2.05) is 0 Å². The van der Waals surface area contributed by atoms with Crippen LogP contribution < -0.4 is 5.32 Å². The Labute approximate surface area is 170 Å². The first-order chi connectivity index (χ1) is 11.1. The minimum Gasteiger partial charge on any atom is -0.383 e. The van der Waals surface area contributed by atoms with Crippen molar-refractivity contribution in [1.82, 2.24) is 15.1 Å². The van der Waals surface area contributed by atoms with Gasteiger partial charge in [-0.15, -0.1) is 24.0 Å². The van der Waals surface area contributed by atoms with Gasteiger partial charge in [0, 0.05) is 50.8 Å². The number of nitrogens with one attached hydrogen (secondary N) is 1. The zero-order chi connectivity index (χ0) is 17.1. The molecule has 1 aliphatic rings. The Morgan fingerprint density at radius 2 is 2.17 bits per heavy atom. The SMILES string of the molecule is CCNC(=NCCCN(C)CCOC)N1CCSC(C(C)C)C1.I. The summed E-state index contributed by atoms with van der Waals surface area (Å²) in [7, 11) is 3.89. The maximum atomic E-state index is 5.11. The molecule has 1 heterocycles. The van der Waals surface area contributed by atoms with Gasteiger partial charge in [-0.1, -0.05) is 13.8 Å². The summed E-state index contributed by atoms with van der Waals surface area (Å²) in [5, 5.41) is 4.18. The van der Waals surface area contributed by atoms with Gasteiger partial charge in [0.2, 0.25) is 0 Å². The molecule has 0 saturated carbocycles. The molecule has 0 spiro atoms. The summed E-state index contributed by atoms with van der Waals surface area (Å²) >= 11 is 2.11. The van der Waals surface area contributed by atoms with Crippen LogP contribution in [0.1, 0.15) is 27.2 Å². The van der Waals surface area contributed by atoms with Crippen LogP contribution in [0.4, 0.5) is 0 Å². The molecule has 0 aromatic rings. The van der Waals surface area contributed by atoms with Gasteiger partial charge in [0.05, 0.1) is 6.61 Å². The first-order valence-corrected chi connectivity index (χ1v) is 9.95. The van der Waals surface area contributed by atoms with Crippen molar-refractivity contribution in [3.05, 3.63) is 0 Å². The number of methoxy groups -OCH3 is 1. The fraction of sp³-hybridized carbons (Fsp3) is 0.941. The number of hydrogen-bond donors (Lipinski definition) is 1. The predicted molar refractivity (Wildman–Crippen MR) is 118 cm³/mol. The summed E-state index contributed by atoms with van der Waals surface area (Å²) in [5.41, 5.74) is 0. The monoisotopic (exact) mass is 472 g/mol. The van der Waals surface area contributed by atoms with Crippen molar-refractivity contribution >= 4 is 41.7 Å². The van der Waals surface area contributed by atoms with Gasteiger partial charge in [-0.2, -0.15) is 11.8 Å². The molecule has 0 amide bonds. The lowest BCUT2D eigenvalue weighted by Gasteiger charge is -2.36. The van der Waals surface area contributed by atoms with Crippen LogP contribution in [0.5, 0.6) is 0 Å². The highest BCUT2D eigenvalue weighted by Crippen LogP contribution is 2.24. The minimum absolute atomic E-state index is 0. The van der Waals surface area contributed by atoms with Crippen molar-refractivity contribution < 1.29 is 4.74 Å². The first-order valence-electron chi connectivity index (χ1n) is 8.90. The van der Waals surface area contributed by atoms with E-state index < -0.39 is 0 Å². The number of thioether (sulfide) groups is 1. The molecule has 1 saturated heterocycles. The van der Waals surface area contributed by atoms with Crippen molar-refractivity contribution in [2.45, 2.75) is 32.4 Å². The average Bonchev–Trinajstić information content (AvgIpc) is 2.55. The highest BCUT2D eigenvalue weighted by atomic mass is 127. The smallest absolute Gasteiger partial charge is 0.193 e. The van der Waals surface area contributed by atoms with E-state index in [2.05, 4.69) is 54.7 Å². The van der Waals surface area contributed by atoms with Gasteiger partial charge in [-0.05, 0) is 32.9 Å². The summed E-state index contributed by atoms with van der Waals surface area (Å²) in [6.45, 7) is 13.7. The molecule has 0 radical (unpaired) electrons. The molecule has 144 valence electrons. The van der Waals surface area contributed by atoms with Crippen molar-refractivity contribution in [3.8, 4) is 0 Å². The van der Waals surface area contributed by atoms with Crippen molar-refractivity contribution in [3.63, 3.8) is 0 Å². The number of likely N-dealkylation sites (N-methyl/N-ethyl adjacent to an activating group) is 1. The zero-order valence-corrected chi connectivity index (χ0v) is 19.2. The number of guanidine groups is 1. The second-order valence-electron chi connectivity index (χ2n) is 6.48. The molecule has 24 heavy (non-hydrogen) atoms. The molecule has 0 aromatic heterocycles. The van der Waals surface area contributed by atoms with Crippen LogP contribution in [-0.2, 0) is 4.74 Å². The Kier molecular flexibility index (Phi) is 14.6. The third-order valence-corrected chi connectivity index (χ3v) is 5.65. The number of nitrogens with zero attached hydrogens (tertiary/aromatic N) is 3. The van der Waals surface area contributed by atoms with Crippen LogP contribution in [0.25, 0.3) is 0 Å². The molecule has 1 rings (SSSR count). The largest absolute Gasteiger partial charge is 0.383 e. The van der Waals surface area contributed by atoms with Crippen LogP contribution in [-0.4, -0.2) is 86.8 Å². The summed E-state index contributed by atoms with van der Waals surface area (Å²) in [6.07, 6.45) is 1.09. The molecule has 5 nitrogen and oxygen atoms in total. The number of hydrogen-bond acceptors (Lipinski definition) is 4. The molecular weight excluding hydrogens is 435 g/mol. The topological polar surface area (TPSA) is 40.1 Å². The van der Waals surface area contributed by atoms with E-state index in [9.17, 15) is 0 Å². The predicted octanol–water partition coefficient (Wildman–Crippen LogP) is 2.61. The molecule has 7 heteroatoms. The first kappa shape index (κ1) is 24.3. The number of halogens is 1. The maximum Gasteiger partial charge on any atom is 0.193 e. The highest BCUT2D eigenvalue weighted by molar-refractivity contribution is 14.0. The fourth-order valence-corrected chi connectivity index (χ4v) is 3.88. The van der Waals surface area contributed by atoms with Crippen molar-refractivity contribution in [2.24, 2.45) is 10.9 Å². The standard InChI is InChI=1S/C17H36N4OS.HI/c1-6-18-17(19-8-7-9-20(4)10-12-22-5)21-11-13-23-16(14-21)15(2)3;/h15-16H,6-14H2,1-5H3,(H,18,19);1H. The van der Waals surface area contributed by atoms with Gasteiger partial charge in [0.25, 0.3) is 0 Å². The van der Waals surface area contributed by atoms with Crippen LogP contribution >= 0.6 is 35.7 Å². The van der Waals surface area contributed by atoms with Crippen molar-refractivity contribution in [1.29, 1.82) is 0 Å². The second kappa shape index (κ2) is 14.4. The van der Waals surface area contributed by atoms with Crippen LogP contribution in [0, 0.1) is 5.92 Å². The van der Waals surface area contributed by atoms with Gasteiger partial charge < -0.3 is 19.9 Å². The van der Waals surface area contributed by atoms with E-state index in [0.29, 0.717) is 5.25 Å². The van der Waals surface area contributed by atoms with Crippen LogP contribution in [0.15, 0.2) is 4.99 Å². The lowest BCUT2D eigenvalue weighted by Crippen LogP contribution is -2.49. The third kappa shape index (κ3) is 9.68. The van der Waals surface area contributed by atoms with E-state index in [-0.39, 0.29) is 24.0 Å². The normalized spacial score (nSPS) is 18.9. The Morgan fingerprint density at radius 1 is 1.42 bits per heavy atom. The van der Waals surface area contributed by atoms with Gasteiger partial charge in [-0.3, -0.25) is 4.99 Å².